The third-order valence-electron chi connectivity index (χ3n) is 1.38. The second-order valence-electron chi connectivity index (χ2n) is 2.16. The maximum atomic E-state index is 10.2. The van der Waals surface area contributed by atoms with E-state index in [0.29, 0.717) is 0 Å². The van der Waals surface area contributed by atoms with E-state index in [-0.39, 0.29) is 12.3 Å². The lowest BCUT2D eigenvalue weighted by molar-refractivity contribution is -0.138. The quantitative estimate of drug-likeness (QED) is 0.420. The first-order valence-corrected chi connectivity index (χ1v) is 2.85. The lowest BCUT2D eigenvalue weighted by atomic mass is 10.2. The van der Waals surface area contributed by atoms with Gasteiger partial charge >= 0.3 is 5.97 Å². The molecule has 0 aromatic carbocycles. The van der Waals surface area contributed by atoms with Crippen LogP contribution in [0.2, 0.25) is 0 Å². The molecule has 0 bridgehead atoms. The van der Waals surface area contributed by atoms with E-state index >= 15 is 0 Å². The van der Waals surface area contributed by atoms with E-state index in [2.05, 4.69) is 4.99 Å². The summed E-state index contributed by atoms with van der Waals surface area (Å²) in [6, 6.07) is -0.852. The van der Waals surface area contributed by atoms with Crippen molar-refractivity contribution in [3.8, 4) is 0 Å². The number of rotatable bonds is 1. The van der Waals surface area contributed by atoms with Gasteiger partial charge in [0.1, 0.15) is 11.9 Å². The van der Waals surface area contributed by atoms with E-state index < -0.39 is 18.1 Å². The minimum Gasteiger partial charge on any atom is -0.480 e. The maximum Gasteiger partial charge on any atom is 0.328 e. The number of hydrogen-bond donors (Lipinski definition) is 3. The minimum atomic E-state index is -1.04. The van der Waals surface area contributed by atoms with Crippen LogP contribution in [0.15, 0.2) is 4.99 Å². The average Bonchev–Trinajstić information content (AvgIpc) is 2.13. The molecule has 0 spiro atoms. The average molecular weight is 144 g/mol. The summed E-state index contributed by atoms with van der Waals surface area (Å²) in [4.78, 5) is 13.7. The van der Waals surface area contributed by atoms with Crippen LogP contribution in [0.25, 0.3) is 0 Å². The van der Waals surface area contributed by atoms with Crippen LogP contribution in [0.5, 0.6) is 0 Å². The molecule has 0 saturated carbocycles. The summed E-state index contributed by atoms with van der Waals surface area (Å²) in [6.45, 7) is 0. The van der Waals surface area contributed by atoms with E-state index in [4.69, 9.17) is 15.9 Å². The molecule has 56 valence electrons. The van der Waals surface area contributed by atoms with Crippen molar-refractivity contribution >= 4 is 11.8 Å². The largest absolute Gasteiger partial charge is 0.480 e. The molecule has 0 aromatic heterocycles. The van der Waals surface area contributed by atoms with Crippen LogP contribution < -0.4 is 5.73 Å². The van der Waals surface area contributed by atoms with Gasteiger partial charge in [0.05, 0.1) is 0 Å². The minimum absolute atomic E-state index is 0.0207. The number of nitrogens with two attached hydrogens (primary N) is 1. The SMILES string of the molecule is NC1=NC(C(=O)O)CC1O. The first kappa shape index (κ1) is 7.01. The molecule has 1 heterocycles. The number of aliphatic hydroxyl groups excluding tert-OH is 1. The van der Waals surface area contributed by atoms with E-state index in [1.54, 1.807) is 0 Å². The van der Waals surface area contributed by atoms with Crippen LogP contribution >= 0.6 is 0 Å². The van der Waals surface area contributed by atoms with Crippen molar-refractivity contribution < 1.29 is 15.0 Å². The van der Waals surface area contributed by atoms with Crippen LogP contribution in [0.4, 0.5) is 0 Å². The molecule has 0 amide bonds. The Morgan fingerprint density at radius 1 is 1.80 bits per heavy atom. The second kappa shape index (κ2) is 2.26. The number of hydrogen-bond acceptors (Lipinski definition) is 4. The number of aliphatic hydroxyl groups is 1. The number of carboxylic acid groups (broad SMARTS) is 1. The fraction of sp³-hybridized carbons (Fsp3) is 0.600. The van der Waals surface area contributed by atoms with E-state index in [1.807, 2.05) is 0 Å². The van der Waals surface area contributed by atoms with Gasteiger partial charge < -0.3 is 15.9 Å². The Morgan fingerprint density at radius 2 is 2.40 bits per heavy atom. The highest BCUT2D eigenvalue weighted by Crippen LogP contribution is 2.11. The Bertz CT molecular complexity index is 189. The van der Waals surface area contributed by atoms with Crippen LogP contribution in [-0.4, -0.2) is 34.2 Å². The molecule has 0 aromatic rings. The Labute approximate surface area is 57.2 Å². The van der Waals surface area contributed by atoms with Gasteiger partial charge in [0.25, 0.3) is 0 Å². The molecule has 2 atom stereocenters. The number of aliphatic imine (C=N–C) groups is 1. The normalized spacial score (nSPS) is 31.9. The molecule has 5 nitrogen and oxygen atoms in total. The van der Waals surface area contributed by atoms with Crippen LogP contribution in [0.3, 0.4) is 0 Å². The third-order valence-corrected chi connectivity index (χ3v) is 1.38. The van der Waals surface area contributed by atoms with Crippen molar-refractivity contribution in [1.82, 2.24) is 0 Å². The number of nitrogens with zero attached hydrogens (tertiary/aromatic N) is 1. The zero-order valence-corrected chi connectivity index (χ0v) is 5.19. The van der Waals surface area contributed by atoms with Crippen molar-refractivity contribution in [2.24, 2.45) is 10.7 Å². The summed E-state index contributed by atoms with van der Waals surface area (Å²) >= 11 is 0. The number of amidine groups is 1. The van der Waals surface area contributed by atoms with Crippen LogP contribution in [0, 0.1) is 0 Å². The van der Waals surface area contributed by atoms with Gasteiger partial charge in [0.15, 0.2) is 6.04 Å². The van der Waals surface area contributed by atoms with Crippen molar-refractivity contribution in [2.45, 2.75) is 18.6 Å². The lowest BCUT2D eigenvalue weighted by Crippen LogP contribution is -2.24. The molecule has 10 heavy (non-hydrogen) atoms. The van der Waals surface area contributed by atoms with Crippen molar-refractivity contribution in [2.75, 3.05) is 0 Å². The van der Waals surface area contributed by atoms with Gasteiger partial charge in [0.2, 0.25) is 0 Å². The fourth-order valence-corrected chi connectivity index (χ4v) is 0.807. The molecule has 0 aliphatic carbocycles. The Kier molecular flexibility index (Phi) is 1.58. The number of carbonyl (C=O) groups is 1. The van der Waals surface area contributed by atoms with Gasteiger partial charge in [-0.2, -0.15) is 0 Å². The summed E-state index contributed by atoms with van der Waals surface area (Å²) in [5.74, 6) is -1.02. The summed E-state index contributed by atoms with van der Waals surface area (Å²) in [7, 11) is 0. The molecule has 0 saturated heterocycles. The summed E-state index contributed by atoms with van der Waals surface area (Å²) in [5.41, 5.74) is 5.14. The summed E-state index contributed by atoms with van der Waals surface area (Å²) in [6.07, 6.45) is -0.776. The van der Waals surface area contributed by atoms with Crippen LogP contribution in [-0.2, 0) is 4.79 Å². The zero-order valence-electron chi connectivity index (χ0n) is 5.19. The lowest BCUT2D eigenvalue weighted by Gasteiger charge is -1.98. The Morgan fingerprint density at radius 3 is 2.60 bits per heavy atom. The molecule has 0 fully saturated rings. The van der Waals surface area contributed by atoms with Crippen molar-refractivity contribution in [3.05, 3.63) is 0 Å². The van der Waals surface area contributed by atoms with Gasteiger partial charge in [-0.05, 0) is 0 Å². The first-order valence-electron chi connectivity index (χ1n) is 2.85. The predicted octanol–water partition coefficient (Wildman–Crippen LogP) is -1.44. The highest BCUT2D eigenvalue weighted by molar-refractivity contribution is 5.91. The highest BCUT2D eigenvalue weighted by atomic mass is 16.4. The maximum absolute atomic E-state index is 10.2. The number of aliphatic carboxylic acids is 1. The van der Waals surface area contributed by atoms with E-state index in [9.17, 15) is 4.79 Å². The smallest absolute Gasteiger partial charge is 0.328 e. The van der Waals surface area contributed by atoms with Crippen LogP contribution in [0.1, 0.15) is 6.42 Å². The second-order valence-corrected chi connectivity index (χ2v) is 2.16. The molecule has 0 radical (unpaired) electrons. The molecule has 1 aliphatic rings. The van der Waals surface area contributed by atoms with Gasteiger partial charge in [-0.1, -0.05) is 0 Å². The fourth-order valence-electron chi connectivity index (χ4n) is 0.807. The topological polar surface area (TPSA) is 95.9 Å². The molecule has 1 aliphatic heterocycles. The predicted molar refractivity (Wildman–Crippen MR) is 33.7 cm³/mol. The van der Waals surface area contributed by atoms with Gasteiger partial charge in [-0.3, -0.25) is 4.99 Å². The third kappa shape index (κ3) is 1.08. The molecule has 5 heteroatoms. The van der Waals surface area contributed by atoms with E-state index in [0.717, 1.165) is 0 Å². The Hall–Kier alpha value is -1.10. The molecular formula is C5H8N2O3. The monoisotopic (exact) mass is 144 g/mol. The zero-order chi connectivity index (χ0) is 7.72. The highest BCUT2D eigenvalue weighted by Gasteiger charge is 2.29. The van der Waals surface area contributed by atoms with E-state index in [1.165, 1.54) is 0 Å². The first-order chi connectivity index (χ1) is 4.61. The summed E-state index contributed by atoms with van der Waals surface area (Å²) < 4.78 is 0. The van der Waals surface area contributed by atoms with Crippen molar-refractivity contribution in [3.63, 3.8) is 0 Å². The molecular weight excluding hydrogens is 136 g/mol. The summed E-state index contributed by atoms with van der Waals surface area (Å²) in [5, 5.41) is 17.3. The van der Waals surface area contributed by atoms with Crippen molar-refractivity contribution in [1.29, 1.82) is 0 Å². The molecule has 1 rings (SSSR count). The molecule has 4 N–H and O–H groups in total. The Balaban J connectivity index is 2.65. The molecule has 2 unspecified atom stereocenters. The standard InChI is InChI=1S/C5H8N2O3/c6-4-3(8)1-2(7-4)5(9)10/h2-3,8H,1H2,(H2,6,7)(H,9,10). The van der Waals surface area contributed by atoms with Gasteiger partial charge in [0, 0.05) is 6.42 Å². The van der Waals surface area contributed by atoms with Gasteiger partial charge in [-0.15, -0.1) is 0 Å². The number of carboxylic acids is 1. The van der Waals surface area contributed by atoms with Gasteiger partial charge in [-0.25, -0.2) is 4.79 Å².